The van der Waals surface area contributed by atoms with E-state index in [-0.39, 0.29) is 11.0 Å². The van der Waals surface area contributed by atoms with Crippen molar-refractivity contribution in [3.8, 4) is 11.1 Å². The normalized spacial score (nSPS) is 10.9. The van der Waals surface area contributed by atoms with Crippen LogP contribution in [-0.2, 0) is 7.05 Å². The predicted octanol–water partition coefficient (Wildman–Crippen LogP) is 4.91. The largest absolute Gasteiger partial charge is 0.330 e. The van der Waals surface area contributed by atoms with Gasteiger partial charge in [-0.25, -0.2) is 4.39 Å². The summed E-state index contributed by atoms with van der Waals surface area (Å²) < 4.78 is 15.9. The molecule has 1 aromatic heterocycles. The van der Waals surface area contributed by atoms with Crippen LogP contribution >= 0.6 is 0 Å². The van der Waals surface area contributed by atoms with Crippen LogP contribution in [0, 0.1) is 12.7 Å². The molecular weight excluding hydrogens is 367 g/mol. The van der Waals surface area contributed by atoms with Gasteiger partial charge in [0.05, 0.1) is 16.6 Å². The van der Waals surface area contributed by atoms with Gasteiger partial charge in [-0.1, -0.05) is 54.1 Å². The number of aryl methyl sites for hydroxylation is 2. The van der Waals surface area contributed by atoms with Gasteiger partial charge in [-0.2, -0.15) is 0 Å². The van der Waals surface area contributed by atoms with Crippen LogP contribution in [0.4, 0.5) is 10.2 Å². The molecule has 0 fully saturated rings. The maximum Gasteiger partial charge on any atom is 0.259 e. The van der Waals surface area contributed by atoms with E-state index in [1.807, 2.05) is 43.3 Å². The molecule has 4 nitrogen and oxygen atoms in total. The lowest BCUT2D eigenvalue weighted by Gasteiger charge is -2.18. The molecule has 0 atom stereocenters. The van der Waals surface area contributed by atoms with Crippen molar-refractivity contribution >= 4 is 22.6 Å². The highest BCUT2D eigenvalue weighted by atomic mass is 19.1. The van der Waals surface area contributed by atoms with E-state index in [9.17, 15) is 14.0 Å². The van der Waals surface area contributed by atoms with Crippen molar-refractivity contribution in [1.82, 2.24) is 4.57 Å². The zero-order valence-corrected chi connectivity index (χ0v) is 16.1. The molecule has 0 unspecified atom stereocenters. The van der Waals surface area contributed by atoms with Crippen molar-refractivity contribution in [3.05, 3.63) is 100.0 Å². The number of carbonyl (C=O) groups is 1. The number of nitrogens with one attached hydrogen (secondary N) is 1. The van der Waals surface area contributed by atoms with Crippen molar-refractivity contribution in [2.45, 2.75) is 6.92 Å². The van der Waals surface area contributed by atoms with E-state index in [1.54, 1.807) is 29.8 Å². The monoisotopic (exact) mass is 386 g/mol. The van der Waals surface area contributed by atoms with Gasteiger partial charge < -0.3 is 9.88 Å². The number of fused-ring (bicyclic) bond motifs is 1. The van der Waals surface area contributed by atoms with Crippen molar-refractivity contribution in [2.75, 3.05) is 5.32 Å². The molecule has 1 heterocycles. The Balaban J connectivity index is 1.98. The van der Waals surface area contributed by atoms with E-state index < -0.39 is 11.7 Å². The van der Waals surface area contributed by atoms with Gasteiger partial charge in [0.2, 0.25) is 0 Å². The lowest BCUT2D eigenvalue weighted by atomic mass is 10.0. The van der Waals surface area contributed by atoms with Gasteiger partial charge in [-0.05, 0) is 36.8 Å². The molecular formula is C24H19FN2O2. The fourth-order valence-corrected chi connectivity index (χ4v) is 3.52. The Hall–Kier alpha value is -3.73. The summed E-state index contributed by atoms with van der Waals surface area (Å²) in [5.41, 5.74) is 2.47. The summed E-state index contributed by atoms with van der Waals surface area (Å²) in [7, 11) is 1.78. The van der Waals surface area contributed by atoms with E-state index in [2.05, 4.69) is 5.32 Å². The molecule has 0 aliphatic carbocycles. The second kappa shape index (κ2) is 7.36. The highest BCUT2D eigenvalue weighted by Gasteiger charge is 2.20. The quantitative estimate of drug-likeness (QED) is 0.544. The summed E-state index contributed by atoms with van der Waals surface area (Å²) in [6.45, 7) is 1.94. The summed E-state index contributed by atoms with van der Waals surface area (Å²) in [5.74, 6) is -0.900. The van der Waals surface area contributed by atoms with Gasteiger partial charge >= 0.3 is 0 Å². The van der Waals surface area contributed by atoms with Crippen molar-refractivity contribution in [3.63, 3.8) is 0 Å². The summed E-state index contributed by atoms with van der Waals surface area (Å²) in [5, 5.41) is 3.32. The van der Waals surface area contributed by atoms with E-state index in [0.717, 1.165) is 5.56 Å². The van der Waals surface area contributed by atoms with Crippen LogP contribution < -0.4 is 10.7 Å². The number of rotatable bonds is 3. The number of halogens is 1. The number of anilines is 1. The topological polar surface area (TPSA) is 51.1 Å². The Morgan fingerprint density at radius 1 is 0.966 bits per heavy atom. The highest BCUT2D eigenvalue weighted by Crippen LogP contribution is 2.29. The van der Waals surface area contributed by atoms with Gasteiger partial charge in [-0.15, -0.1) is 0 Å². The van der Waals surface area contributed by atoms with Gasteiger partial charge in [0.25, 0.3) is 5.91 Å². The maximum absolute atomic E-state index is 14.1. The molecule has 1 amide bonds. The second-order valence-corrected chi connectivity index (χ2v) is 6.93. The molecule has 4 rings (SSSR count). The molecule has 0 spiro atoms. The number of hydrogen-bond acceptors (Lipinski definition) is 2. The van der Waals surface area contributed by atoms with Crippen LogP contribution in [0.1, 0.15) is 15.9 Å². The first-order valence-corrected chi connectivity index (χ1v) is 9.22. The van der Waals surface area contributed by atoms with E-state index in [0.29, 0.717) is 27.8 Å². The molecule has 3 aromatic carbocycles. The number of pyridine rings is 1. The molecule has 0 radical (unpaired) electrons. The number of nitrogens with zero attached hydrogens (tertiary/aromatic N) is 1. The van der Waals surface area contributed by atoms with Crippen LogP contribution in [0.15, 0.2) is 77.6 Å². The number of para-hydroxylation sites is 1. The number of aromatic nitrogens is 1. The molecule has 1 N–H and O–H groups in total. The Labute approximate surface area is 167 Å². The second-order valence-electron chi connectivity index (χ2n) is 6.93. The van der Waals surface area contributed by atoms with Crippen molar-refractivity contribution < 1.29 is 9.18 Å². The first-order chi connectivity index (χ1) is 14.0. The SMILES string of the molecule is Cc1cccc(-c2c(NC(=O)c3ccccc3F)n(C)c3ccccc3c2=O)c1. The van der Waals surface area contributed by atoms with Crippen molar-refractivity contribution in [2.24, 2.45) is 7.05 Å². The average Bonchev–Trinajstić information content (AvgIpc) is 2.72. The third-order valence-corrected chi connectivity index (χ3v) is 4.97. The van der Waals surface area contributed by atoms with Gasteiger partial charge in [-0.3, -0.25) is 9.59 Å². The highest BCUT2D eigenvalue weighted by molar-refractivity contribution is 6.07. The van der Waals surface area contributed by atoms with E-state index >= 15 is 0 Å². The molecule has 5 heteroatoms. The molecule has 0 aliphatic heterocycles. The number of amides is 1. The molecule has 29 heavy (non-hydrogen) atoms. The van der Waals surface area contributed by atoms with Gasteiger partial charge in [0.1, 0.15) is 11.6 Å². The fraction of sp³-hybridized carbons (Fsp3) is 0.0833. The first kappa shape index (κ1) is 18.6. The Morgan fingerprint density at radius 3 is 2.45 bits per heavy atom. The summed E-state index contributed by atoms with van der Waals surface area (Å²) in [6, 6.07) is 20.5. The lowest BCUT2D eigenvalue weighted by Crippen LogP contribution is -2.22. The van der Waals surface area contributed by atoms with Gasteiger partial charge in [0.15, 0.2) is 5.43 Å². The zero-order chi connectivity index (χ0) is 20.5. The van der Waals surface area contributed by atoms with E-state index in [1.165, 1.54) is 18.2 Å². The predicted molar refractivity (Wildman–Crippen MR) is 114 cm³/mol. The Morgan fingerprint density at radius 2 is 1.69 bits per heavy atom. The minimum atomic E-state index is -0.618. The third kappa shape index (κ3) is 3.31. The summed E-state index contributed by atoms with van der Waals surface area (Å²) >= 11 is 0. The molecule has 144 valence electrons. The van der Waals surface area contributed by atoms with Crippen LogP contribution in [-0.4, -0.2) is 10.5 Å². The molecule has 4 aromatic rings. The standard InChI is InChI=1S/C24H19FN2O2/c1-15-8-7-9-16(14-15)21-22(28)18-11-4-6-13-20(18)27(2)23(21)26-24(29)17-10-3-5-12-19(17)25/h3-14H,1-2H3,(H,26,29). The third-order valence-electron chi connectivity index (χ3n) is 4.97. The Kier molecular flexibility index (Phi) is 4.72. The average molecular weight is 386 g/mol. The number of hydrogen-bond donors (Lipinski definition) is 1. The molecule has 0 saturated heterocycles. The van der Waals surface area contributed by atoms with E-state index in [4.69, 9.17) is 0 Å². The lowest BCUT2D eigenvalue weighted by molar-refractivity contribution is 0.102. The molecule has 0 saturated carbocycles. The summed E-state index contributed by atoms with van der Waals surface area (Å²) in [6.07, 6.45) is 0. The minimum Gasteiger partial charge on any atom is -0.330 e. The van der Waals surface area contributed by atoms with Gasteiger partial charge in [0, 0.05) is 12.4 Å². The summed E-state index contributed by atoms with van der Waals surface area (Å²) in [4.78, 5) is 26.2. The Bertz CT molecular complexity index is 1310. The van der Waals surface area contributed by atoms with Crippen LogP contribution in [0.2, 0.25) is 0 Å². The number of benzene rings is 3. The molecule has 0 aliphatic rings. The number of carbonyl (C=O) groups excluding carboxylic acids is 1. The minimum absolute atomic E-state index is 0.0803. The zero-order valence-electron chi connectivity index (χ0n) is 16.1. The fourth-order valence-electron chi connectivity index (χ4n) is 3.52. The van der Waals surface area contributed by atoms with Crippen molar-refractivity contribution in [1.29, 1.82) is 0 Å². The maximum atomic E-state index is 14.1. The van der Waals surface area contributed by atoms with Crippen LogP contribution in [0.3, 0.4) is 0 Å². The smallest absolute Gasteiger partial charge is 0.259 e. The molecule has 0 bridgehead atoms. The first-order valence-electron chi connectivity index (χ1n) is 9.22. The van der Waals surface area contributed by atoms with Crippen LogP contribution in [0.25, 0.3) is 22.0 Å². The van der Waals surface area contributed by atoms with Crippen LogP contribution in [0.5, 0.6) is 0 Å².